The minimum atomic E-state index is -0.350. The van der Waals surface area contributed by atoms with Crippen LogP contribution in [0.2, 0.25) is 0 Å². The zero-order valence-corrected chi connectivity index (χ0v) is 10.7. The predicted octanol–water partition coefficient (Wildman–Crippen LogP) is 3.98. The van der Waals surface area contributed by atoms with Crippen molar-refractivity contribution in [1.29, 1.82) is 0 Å². The number of hydrogen-bond donors (Lipinski definition) is 1. The fourth-order valence-corrected chi connectivity index (χ4v) is 2.14. The number of nitrogen functional groups attached to an aromatic ring is 1. The number of nitrogens with zero attached hydrogens (tertiary/aromatic N) is 1. The van der Waals surface area contributed by atoms with Gasteiger partial charge in [-0.25, -0.2) is 9.37 Å². The van der Waals surface area contributed by atoms with E-state index in [1.165, 1.54) is 12.1 Å². The average Bonchev–Trinajstić information content (AvgIpc) is 2.74. The fraction of sp³-hybridized carbons (Fsp3) is 0. The van der Waals surface area contributed by atoms with E-state index in [0.29, 0.717) is 22.7 Å². The van der Waals surface area contributed by atoms with Gasteiger partial charge in [0.05, 0.1) is 5.56 Å². The first-order valence-corrected chi connectivity index (χ1v) is 6.04. The topological polar surface area (TPSA) is 52.0 Å². The van der Waals surface area contributed by atoms with Crippen LogP contribution in [0.3, 0.4) is 0 Å². The van der Waals surface area contributed by atoms with Gasteiger partial charge in [0.2, 0.25) is 5.89 Å². The molecule has 0 saturated carbocycles. The monoisotopic (exact) mass is 306 g/mol. The first-order valence-electron chi connectivity index (χ1n) is 5.25. The molecule has 0 amide bonds. The Morgan fingerprint density at radius 1 is 1.17 bits per heavy atom. The molecule has 0 aliphatic carbocycles. The van der Waals surface area contributed by atoms with Crippen molar-refractivity contribution < 1.29 is 8.81 Å². The minimum absolute atomic E-state index is 0.350. The van der Waals surface area contributed by atoms with Crippen molar-refractivity contribution in [1.82, 2.24) is 4.98 Å². The zero-order chi connectivity index (χ0) is 12.7. The first kappa shape index (κ1) is 11.2. The maximum absolute atomic E-state index is 13.1. The van der Waals surface area contributed by atoms with E-state index in [4.69, 9.17) is 10.2 Å². The Hall–Kier alpha value is -1.88. The average molecular weight is 307 g/mol. The first-order chi connectivity index (χ1) is 8.63. The van der Waals surface area contributed by atoms with Crippen LogP contribution in [0.5, 0.6) is 0 Å². The Kier molecular flexibility index (Phi) is 2.56. The molecule has 2 aromatic carbocycles. The van der Waals surface area contributed by atoms with Crippen LogP contribution in [0, 0.1) is 5.82 Å². The molecule has 0 bridgehead atoms. The molecular formula is C13H8BrFN2O. The molecule has 0 saturated heterocycles. The van der Waals surface area contributed by atoms with Crippen LogP contribution in [0.1, 0.15) is 0 Å². The molecule has 3 rings (SSSR count). The molecule has 0 aliphatic heterocycles. The van der Waals surface area contributed by atoms with Crippen molar-refractivity contribution in [2.75, 3.05) is 5.73 Å². The highest BCUT2D eigenvalue weighted by Crippen LogP contribution is 2.31. The van der Waals surface area contributed by atoms with E-state index in [9.17, 15) is 4.39 Å². The third-order valence-electron chi connectivity index (χ3n) is 2.57. The second kappa shape index (κ2) is 4.10. The molecule has 2 N–H and O–H groups in total. The number of nitrogens with two attached hydrogens (primary N) is 1. The van der Waals surface area contributed by atoms with Crippen LogP contribution in [-0.4, -0.2) is 4.98 Å². The van der Waals surface area contributed by atoms with E-state index in [1.807, 2.05) is 6.07 Å². The number of rotatable bonds is 1. The standard InChI is InChI=1S/C13H8BrFN2O/c14-10-3-2-8(16)6-9(10)13-17-11-4-1-7(15)5-12(11)18-13/h1-6H,16H2. The summed E-state index contributed by atoms with van der Waals surface area (Å²) in [5.74, 6) is 0.0617. The molecule has 90 valence electrons. The quantitative estimate of drug-likeness (QED) is 0.692. The van der Waals surface area contributed by atoms with Gasteiger partial charge < -0.3 is 10.2 Å². The molecule has 3 nitrogen and oxygen atoms in total. The van der Waals surface area contributed by atoms with Crippen LogP contribution in [0.25, 0.3) is 22.6 Å². The lowest BCUT2D eigenvalue weighted by Crippen LogP contribution is -1.86. The number of aromatic nitrogens is 1. The summed E-state index contributed by atoms with van der Waals surface area (Å²) in [5, 5.41) is 0. The second-order valence-corrected chi connectivity index (χ2v) is 4.72. The van der Waals surface area contributed by atoms with E-state index in [0.717, 1.165) is 10.0 Å². The van der Waals surface area contributed by atoms with Crippen molar-refractivity contribution in [3.8, 4) is 11.5 Å². The van der Waals surface area contributed by atoms with Crippen molar-refractivity contribution in [3.05, 3.63) is 46.7 Å². The van der Waals surface area contributed by atoms with Crippen LogP contribution in [0.4, 0.5) is 10.1 Å². The Balaban J connectivity index is 2.22. The summed E-state index contributed by atoms with van der Waals surface area (Å²) in [6, 6.07) is 9.59. The van der Waals surface area contributed by atoms with E-state index >= 15 is 0 Å². The molecule has 1 aromatic heterocycles. The molecule has 0 spiro atoms. The molecule has 18 heavy (non-hydrogen) atoms. The summed E-state index contributed by atoms with van der Waals surface area (Å²) in [4.78, 5) is 4.31. The normalized spacial score (nSPS) is 11.0. The smallest absolute Gasteiger partial charge is 0.228 e. The molecule has 0 unspecified atom stereocenters. The summed E-state index contributed by atoms with van der Waals surface area (Å²) < 4.78 is 19.4. The predicted molar refractivity (Wildman–Crippen MR) is 71.5 cm³/mol. The molecular weight excluding hydrogens is 299 g/mol. The highest BCUT2D eigenvalue weighted by molar-refractivity contribution is 9.10. The van der Waals surface area contributed by atoms with Gasteiger partial charge in [-0.15, -0.1) is 0 Å². The molecule has 0 aliphatic rings. The fourth-order valence-electron chi connectivity index (χ4n) is 1.72. The highest BCUT2D eigenvalue weighted by Gasteiger charge is 2.12. The van der Waals surface area contributed by atoms with Crippen molar-refractivity contribution in [2.24, 2.45) is 0 Å². The van der Waals surface area contributed by atoms with Gasteiger partial charge in [0, 0.05) is 16.2 Å². The van der Waals surface area contributed by atoms with Crippen molar-refractivity contribution >= 4 is 32.7 Å². The Morgan fingerprint density at radius 3 is 2.83 bits per heavy atom. The number of fused-ring (bicyclic) bond motifs is 1. The summed E-state index contributed by atoms with van der Waals surface area (Å²) >= 11 is 3.41. The van der Waals surface area contributed by atoms with Gasteiger partial charge in [-0.05, 0) is 46.3 Å². The van der Waals surface area contributed by atoms with Crippen molar-refractivity contribution in [2.45, 2.75) is 0 Å². The molecule has 0 radical (unpaired) electrons. The third-order valence-corrected chi connectivity index (χ3v) is 3.26. The van der Waals surface area contributed by atoms with Gasteiger partial charge >= 0.3 is 0 Å². The van der Waals surface area contributed by atoms with Crippen molar-refractivity contribution in [3.63, 3.8) is 0 Å². The lowest BCUT2D eigenvalue weighted by molar-refractivity contribution is 0.602. The summed E-state index contributed by atoms with van der Waals surface area (Å²) in [6.45, 7) is 0. The number of benzene rings is 2. The van der Waals surface area contributed by atoms with E-state index in [1.54, 1.807) is 18.2 Å². The zero-order valence-electron chi connectivity index (χ0n) is 9.15. The minimum Gasteiger partial charge on any atom is -0.436 e. The number of hydrogen-bond acceptors (Lipinski definition) is 3. The highest BCUT2D eigenvalue weighted by atomic mass is 79.9. The van der Waals surface area contributed by atoms with E-state index in [2.05, 4.69) is 20.9 Å². The number of oxazole rings is 1. The largest absolute Gasteiger partial charge is 0.436 e. The number of anilines is 1. The second-order valence-electron chi connectivity index (χ2n) is 3.87. The van der Waals surface area contributed by atoms with Crippen LogP contribution < -0.4 is 5.73 Å². The molecule has 0 atom stereocenters. The van der Waals surface area contributed by atoms with E-state index < -0.39 is 0 Å². The van der Waals surface area contributed by atoms with E-state index in [-0.39, 0.29) is 5.82 Å². The summed E-state index contributed by atoms with van der Waals surface area (Å²) in [7, 11) is 0. The molecule has 1 heterocycles. The maximum Gasteiger partial charge on any atom is 0.228 e. The van der Waals surface area contributed by atoms with Gasteiger partial charge in [0.25, 0.3) is 0 Å². The summed E-state index contributed by atoms with van der Waals surface area (Å²) in [6.07, 6.45) is 0. The summed E-state index contributed by atoms with van der Waals surface area (Å²) in [5.41, 5.74) is 8.12. The maximum atomic E-state index is 13.1. The van der Waals surface area contributed by atoms with Gasteiger partial charge in [0.1, 0.15) is 11.3 Å². The SMILES string of the molecule is Nc1ccc(Br)c(-c2nc3ccc(F)cc3o2)c1. The molecule has 5 heteroatoms. The van der Waals surface area contributed by atoms with Gasteiger partial charge in [-0.1, -0.05) is 0 Å². The third kappa shape index (κ3) is 1.86. The van der Waals surface area contributed by atoms with Gasteiger partial charge in [-0.2, -0.15) is 0 Å². The number of halogens is 2. The Labute approximate surface area is 111 Å². The molecule has 0 fully saturated rings. The Bertz CT molecular complexity index is 739. The lowest BCUT2D eigenvalue weighted by atomic mass is 10.2. The Morgan fingerprint density at radius 2 is 2.00 bits per heavy atom. The van der Waals surface area contributed by atoms with Gasteiger partial charge in [-0.3, -0.25) is 0 Å². The van der Waals surface area contributed by atoms with Crippen LogP contribution >= 0.6 is 15.9 Å². The van der Waals surface area contributed by atoms with Crippen LogP contribution in [0.15, 0.2) is 45.3 Å². The van der Waals surface area contributed by atoms with Crippen LogP contribution in [-0.2, 0) is 0 Å². The molecule has 3 aromatic rings. The lowest BCUT2D eigenvalue weighted by Gasteiger charge is -2.00. The van der Waals surface area contributed by atoms with Gasteiger partial charge in [0.15, 0.2) is 5.58 Å².